The van der Waals surface area contributed by atoms with Gasteiger partial charge in [-0.05, 0) is 35.9 Å². The van der Waals surface area contributed by atoms with Crippen molar-refractivity contribution in [1.29, 1.82) is 0 Å². The molecule has 100 valence electrons. The predicted octanol–water partition coefficient (Wildman–Crippen LogP) is 3.69. The van der Waals surface area contributed by atoms with Gasteiger partial charge in [0.1, 0.15) is 24.0 Å². The van der Waals surface area contributed by atoms with Gasteiger partial charge in [-0.2, -0.15) is 0 Å². The van der Waals surface area contributed by atoms with Gasteiger partial charge in [-0.25, -0.2) is 8.78 Å². The average Bonchev–Trinajstić information content (AvgIpc) is 2.40. The van der Waals surface area contributed by atoms with E-state index in [1.807, 2.05) is 0 Å². The van der Waals surface area contributed by atoms with Crippen LogP contribution in [0.3, 0.4) is 0 Å². The third-order valence-electron chi connectivity index (χ3n) is 2.57. The van der Waals surface area contributed by atoms with Gasteiger partial charge in [-0.15, -0.1) is 0 Å². The molecule has 1 N–H and O–H groups in total. The molecule has 2 nitrogen and oxygen atoms in total. The van der Waals surface area contributed by atoms with Crippen molar-refractivity contribution in [3.05, 3.63) is 64.2 Å². The number of hydrogen-bond acceptors (Lipinski definition) is 2. The molecule has 0 atom stereocenters. The summed E-state index contributed by atoms with van der Waals surface area (Å²) in [6, 6.07) is 7.94. The Balaban J connectivity index is 2.12. The minimum Gasteiger partial charge on any atom is -0.487 e. The fourth-order valence-electron chi connectivity index (χ4n) is 1.57. The van der Waals surface area contributed by atoms with Gasteiger partial charge in [0.05, 0.1) is 11.6 Å². The summed E-state index contributed by atoms with van der Waals surface area (Å²) in [5.41, 5.74) is 0.761. The Kier molecular flexibility index (Phi) is 4.35. The Morgan fingerprint density at radius 1 is 1.11 bits per heavy atom. The number of benzene rings is 2. The highest BCUT2D eigenvalue weighted by atomic mass is 35.5. The van der Waals surface area contributed by atoms with E-state index < -0.39 is 11.6 Å². The number of aliphatic hydroxyl groups excluding tert-OH is 1. The first kappa shape index (κ1) is 13.8. The SMILES string of the molecule is OCc1ccc(OCc2cc(F)ccc2F)c(Cl)c1. The molecule has 0 fully saturated rings. The summed E-state index contributed by atoms with van der Waals surface area (Å²) in [5, 5.41) is 9.25. The van der Waals surface area contributed by atoms with Crippen LogP contribution in [0.5, 0.6) is 5.75 Å². The van der Waals surface area contributed by atoms with Crippen LogP contribution in [-0.4, -0.2) is 5.11 Å². The second-order valence-corrected chi connectivity index (χ2v) is 4.35. The lowest BCUT2D eigenvalue weighted by molar-refractivity contribution is 0.280. The van der Waals surface area contributed by atoms with E-state index in [1.165, 1.54) is 0 Å². The Bertz CT molecular complexity index is 588. The maximum absolute atomic E-state index is 13.4. The summed E-state index contributed by atoms with van der Waals surface area (Å²) in [5.74, 6) is -0.714. The van der Waals surface area contributed by atoms with Crippen molar-refractivity contribution in [3.8, 4) is 5.75 Å². The summed E-state index contributed by atoms with van der Waals surface area (Å²) < 4.78 is 31.7. The minimum atomic E-state index is -0.537. The van der Waals surface area contributed by atoms with Crippen molar-refractivity contribution in [2.45, 2.75) is 13.2 Å². The second kappa shape index (κ2) is 5.99. The molecule has 0 aliphatic heterocycles. The highest BCUT2D eigenvalue weighted by Crippen LogP contribution is 2.26. The van der Waals surface area contributed by atoms with Crippen LogP contribution in [0.4, 0.5) is 8.78 Å². The summed E-state index contributed by atoms with van der Waals surface area (Å²) in [6.45, 7) is -0.250. The highest BCUT2D eigenvalue weighted by molar-refractivity contribution is 6.32. The van der Waals surface area contributed by atoms with Gasteiger partial charge in [0.25, 0.3) is 0 Å². The second-order valence-electron chi connectivity index (χ2n) is 3.95. The molecule has 0 aromatic heterocycles. The first-order valence-corrected chi connectivity index (χ1v) is 5.94. The molecule has 2 rings (SSSR count). The number of rotatable bonds is 4. The summed E-state index contributed by atoms with van der Waals surface area (Å²) >= 11 is 5.94. The van der Waals surface area contributed by atoms with Crippen LogP contribution in [0.2, 0.25) is 5.02 Å². The molecule has 0 bridgehead atoms. The topological polar surface area (TPSA) is 29.5 Å². The molecule has 0 aliphatic carbocycles. The van der Waals surface area contributed by atoms with Crippen LogP contribution >= 0.6 is 11.6 Å². The normalized spacial score (nSPS) is 10.5. The fraction of sp³-hybridized carbons (Fsp3) is 0.143. The number of halogens is 3. The molecule has 0 spiro atoms. The lowest BCUT2D eigenvalue weighted by atomic mass is 10.2. The molecule has 19 heavy (non-hydrogen) atoms. The zero-order valence-electron chi connectivity index (χ0n) is 9.87. The molecule has 2 aromatic rings. The lowest BCUT2D eigenvalue weighted by Gasteiger charge is -2.09. The zero-order valence-corrected chi connectivity index (χ0v) is 10.6. The molecule has 5 heteroatoms. The van der Waals surface area contributed by atoms with Crippen LogP contribution in [-0.2, 0) is 13.2 Å². The molecule has 0 amide bonds. The van der Waals surface area contributed by atoms with Crippen LogP contribution in [0.25, 0.3) is 0 Å². The summed E-state index contributed by atoms with van der Waals surface area (Å²) in [7, 11) is 0. The van der Waals surface area contributed by atoms with Gasteiger partial charge in [0.2, 0.25) is 0 Å². The van der Waals surface area contributed by atoms with Crippen LogP contribution in [0, 0.1) is 11.6 Å². The maximum Gasteiger partial charge on any atom is 0.138 e. The fourth-order valence-corrected chi connectivity index (χ4v) is 1.83. The quantitative estimate of drug-likeness (QED) is 0.928. The van der Waals surface area contributed by atoms with E-state index in [1.54, 1.807) is 18.2 Å². The van der Waals surface area contributed by atoms with E-state index in [0.717, 1.165) is 18.2 Å². The average molecular weight is 285 g/mol. The van der Waals surface area contributed by atoms with Crippen molar-refractivity contribution in [1.82, 2.24) is 0 Å². The van der Waals surface area contributed by atoms with Gasteiger partial charge < -0.3 is 9.84 Å². The smallest absolute Gasteiger partial charge is 0.138 e. The summed E-state index contributed by atoms with van der Waals surface area (Å²) in [4.78, 5) is 0. The molecule has 0 heterocycles. The Morgan fingerprint density at radius 3 is 2.58 bits per heavy atom. The number of aliphatic hydroxyl groups is 1. The van der Waals surface area contributed by atoms with Crippen LogP contribution < -0.4 is 4.74 Å². The van der Waals surface area contributed by atoms with Crippen LogP contribution in [0.1, 0.15) is 11.1 Å². The van der Waals surface area contributed by atoms with E-state index in [4.69, 9.17) is 21.4 Å². The lowest BCUT2D eigenvalue weighted by Crippen LogP contribution is -2.00. The maximum atomic E-state index is 13.4. The van der Waals surface area contributed by atoms with Gasteiger partial charge in [-0.1, -0.05) is 17.7 Å². The van der Waals surface area contributed by atoms with Crippen molar-refractivity contribution in [2.24, 2.45) is 0 Å². The van der Waals surface area contributed by atoms with Gasteiger partial charge >= 0.3 is 0 Å². The molecule has 0 saturated carbocycles. The molecule has 0 aliphatic rings. The number of ether oxygens (including phenoxy) is 1. The first-order valence-electron chi connectivity index (χ1n) is 5.56. The van der Waals surface area contributed by atoms with Crippen LogP contribution in [0.15, 0.2) is 36.4 Å². The van der Waals surface area contributed by atoms with Crippen molar-refractivity contribution < 1.29 is 18.6 Å². The molecule has 0 radical (unpaired) electrons. The minimum absolute atomic E-state index is 0.113. The zero-order chi connectivity index (χ0) is 13.8. The third-order valence-corrected chi connectivity index (χ3v) is 2.87. The Morgan fingerprint density at radius 2 is 1.89 bits per heavy atom. The standard InChI is InChI=1S/C14H11ClF2O2/c15-12-5-9(7-18)1-4-14(12)19-8-10-6-11(16)2-3-13(10)17/h1-6,18H,7-8H2. The van der Waals surface area contributed by atoms with E-state index in [-0.39, 0.29) is 18.8 Å². The van der Waals surface area contributed by atoms with Crippen molar-refractivity contribution >= 4 is 11.6 Å². The van der Waals surface area contributed by atoms with E-state index >= 15 is 0 Å². The van der Waals surface area contributed by atoms with Gasteiger partial charge in [0, 0.05) is 5.56 Å². The highest BCUT2D eigenvalue weighted by Gasteiger charge is 2.07. The molecular formula is C14H11ClF2O2. The molecule has 2 aromatic carbocycles. The van der Waals surface area contributed by atoms with E-state index in [2.05, 4.69) is 0 Å². The summed E-state index contributed by atoms with van der Waals surface area (Å²) in [6.07, 6.45) is 0. The Hall–Kier alpha value is -1.65. The van der Waals surface area contributed by atoms with Gasteiger partial charge in [0.15, 0.2) is 0 Å². The monoisotopic (exact) mass is 284 g/mol. The van der Waals surface area contributed by atoms with E-state index in [9.17, 15) is 8.78 Å². The predicted molar refractivity (Wildman–Crippen MR) is 68.1 cm³/mol. The molecule has 0 saturated heterocycles. The molecule has 0 unspecified atom stereocenters. The van der Waals surface area contributed by atoms with Crippen molar-refractivity contribution in [3.63, 3.8) is 0 Å². The largest absolute Gasteiger partial charge is 0.487 e. The third kappa shape index (κ3) is 3.43. The first-order chi connectivity index (χ1) is 9.10. The Labute approximate surface area is 114 Å². The number of hydrogen-bond donors (Lipinski definition) is 1. The van der Waals surface area contributed by atoms with Gasteiger partial charge in [-0.3, -0.25) is 0 Å². The molecular weight excluding hydrogens is 274 g/mol. The van der Waals surface area contributed by atoms with Crippen molar-refractivity contribution in [2.75, 3.05) is 0 Å². The van der Waals surface area contributed by atoms with E-state index in [0.29, 0.717) is 16.3 Å².